The molecule has 1 fully saturated rings. The molecule has 144 valence electrons. The molecular formula is C21H24N6O. The Balaban J connectivity index is 1.43. The van der Waals surface area contributed by atoms with Crippen molar-refractivity contribution in [1.82, 2.24) is 24.9 Å². The summed E-state index contributed by atoms with van der Waals surface area (Å²) in [4.78, 5) is 21.6. The van der Waals surface area contributed by atoms with E-state index < -0.39 is 0 Å². The second-order valence-electron chi connectivity index (χ2n) is 7.21. The zero-order valence-electron chi connectivity index (χ0n) is 16.2. The average molecular weight is 376 g/mol. The first-order valence-corrected chi connectivity index (χ1v) is 9.64. The number of ether oxygens (including phenoxy) is 1. The van der Waals surface area contributed by atoms with E-state index in [1.54, 1.807) is 12.7 Å². The Hall–Kier alpha value is -3.09. The zero-order chi connectivity index (χ0) is 19.3. The fourth-order valence-electron chi connectivity index (χ4n) is 3.01. The van der Waals surface area contributed by atoms with Crippen molar-refractivity contribution in [1.29, 1.82) is 0 Å². The molecule has 1 saturated carbocycles. The van der Waals surface area contributed by atoms with Gasteiger partial charge in [0.25, 0.3) is 0 Å². The van der Waals surface area contributed by atoms with Gasteiger partial charge in [0.05, 0.1) is 5.69 Å². The number of nitrogens with zero attached hydrogens (tertiary/aromatic N) is 5. The van der Waals surface area contributed by atoms with Gasteiger partial charge in [0.2, 0.25) is 5.88 Å². The number of anilines is 1. The normalized spacial score (nSPS) is 14.9. The van der Waals surface area contributed by atoms with Gasteiger partial charge in [-0.25, -0.2) is 19.9 Å². The van der Waals surface area contributed by atoms with Gasteiger partial charge in [-0.05, 0) is 38.3 Å². The van der Waals surface area contributed by atoms with E-state index >= 15 is 0 Å². The zero-order valence-corrected chi connectivity index (χ0v) is 16.2. The van der Waals surface area contributed by atoms with Crippen LogP contribution in [0.5, 0.6) is 5.88 Å². The van der Waals surface area contributed by atoms with Gasteiger partial charge in [-0.15, -0.1) is 0 Å². The van der Waals surface area contributed by atoms with Gasteiger partial charge in [-0.3, -0.25) is 4.98 Å². The van der Waals surface area contributed by atoms with Crippen LogP contribution >= 0.6 is 0 Å². The largest absolute Gasteiger partial charge is 0.474 e. The lowest BCUT2D eigenvalue weighted by Gasteiger charge is -2.27. The Bertz CT molecular complexity index is 926. The minimum absolute atomic E-state index is 0.177. The minimum atomic E-state index is 0.177. The highest BCUT2D eigenvalue weighted by Gasteiger charge is 2.22. The first-order chi connectivity index (χ1) is 13.7. The molecule has 0 saturated heterocycles. The molecule has 3 aromatic heterocycles. The number of aryl methyl sites for hydroxylation is 1. The van der Waals surface area contributed by atoms with Crippen molar-refractivity contribution in [3.8, 4) is 17.1 Å². The SMILES string of the molecule is Cc1ccc(-c2cc(NCC(C)c3cncnc3OC3CCC3)ncn2)cn1. The fraction of sp³-hybridized carbons (Fsp3) is 0.381. The van der Waals surface area contributed by atoms with Crippen molar-refractivity contribution in [2.75, 3.05) is 11.9 Å². The lowest BCUT2D eigenvalue weighted by molar-refractivity contribution is 0.112. The molecule has 1 atom stereocenters. The molecule has 0 aliphatic heterocycles. The Kier molecular flexibility index (Phi) is 5.41. The summed E-state index contributed by atoms with van der Waals surface area (Å²) in [5.74, 6) is 1.65. The molecule has 1 aliphatic rings. The van der Waals surface area contributed by atoms with Crippen LogP contribution in [0.3, 0.4) is 0 Å². The Morgan fingerprint density at radius 1 is 1.11 bits per heavy atom. The van der Waals surface area contributed by atoms with Crippen LogP contribution in [-0.4, -0.2) is 37.6 Å². The van der Waals surface area contributed by atoms with Crippen molar-refractivity contribution in [2.24, 2.45) is 0 Å². The molecule has 7 heteroatoms. The monoisotopic (exact) mass is 376 g/mol. The molecule has 1 unspecified atom stereocenters. The van der Waals surface area contributed by atoms with Crippen LogP contribution in [-0.2, 0) is 0 Å². The molecule has 7 nitrogen and oxygen atoms in total. The number of hydrogen-bond acceptors (Lipinski definition) is 7. The smallest absolute Gasteiger partial charge is 0.220 e. The van der Waals surface area contributed by atoms with E-state index in [4.69, 9.17) is 4.74 Å². The highest BCUT2D eigenvalue weighted by molar-refractivity contribution is 5.61. The Morgan fingerprint density at radius 3 is 2.75 bits per heavy atom. The lowest BCUT2D eigenvalue weighted by Crippen LogP contribution is -2.26. The molecule has 3 aromatic rings. The van der Waals surface area contributed by atoms with Gasteiger partial charge in [0, 0.05) is 47.7 Å². The molecule has 1 aliphatic carbocycles. The number of pyridine rings is 1. The fourth-order valence-corrected chi connectivity index (χ4v) is 3.01. The van der Waals surface area contributed by atoms with Crippen LogP contribution in [0, 0.1) is 6.92 Å². The second-order valence-corrected chi connectivity index (χ2v) is 7.21. The highest BCUT2D eigenvalue weighted by atomic mass is 16.5. The maximum atomic E-state index is 6.03. The van der Waals surface area contributed by atoms with E-state index in [0.717, 1.165) is 41.2 Å². The molecule has 0 radical (unpaired) electrons. The van der Waals surface area contributed by atoms with Crippen molar-refractivity contribution in [3.63, 3.8) is 0 Å². The highest BCUT2D eigenvalue weighted by Crippen LogP contribution is 2.29. The van der Waals surface area contributed by atoms with E-state index in [0.29, 0.717) is 18.5 Å². The number of hydrogen-bond donors (Lipinski definition) is 1. The van der Waals surface area contributed by atoms with Crippen molar-refractivity contribution in [2.45, 2.75) is 45.1 Å². The molecule has 4 rings (SSSR count). The molecular weight excluding hydrogens is 352 g/mol. The summed E-state index contributed by atoms with van der Waals surface area (Å²) in [7, 11) is 0. The molecule has 0 aromatic carbocycles. The van der Waals surface area contributed by atoms with Crippen molar-refractivity contribution >= 4 is 5.82 Å². The van der Waals surface area contributed by atoms with Gasteiger partial charge in [0.1, 0.15) is 24.6 Å². The first-order valence-electron chi connectivity index (χ1n) is 9.64. The Morgan fingerprint density at radius 2 is 2.00 bits per heavy atom. The predicted molar refractivity (Wildman–Crippen MR) is 107 cm³/mol. The number of rotatable bonds is 7. The lowest BCUT2D eigenvalue weighted by atomic mass is 9.96. The topological polar surface area (TPSA) is 85.7 Å². The maximum Gasteiger partial charge on any atom is 0.220 e. The summed E-state index contributed by atoms with van der Waals surface area (Å²) >= 11 is 0. The van der Waals surface area contributed by atoms with E-state index in [1.165, 1.54) is 6.42 Å². The predicted octanol–water partition coefficient (Wildman–Crippen LogP) is 3.78. The molecule has 3 heterocycles. The van der Waals surface area contributed by atoms with Gasteiger partial charge in [0.15, 0.2) is 0 Å². The van der Waals surface area contributed by atoms with Gasteiger partial charge >= 0.3 is 0 Å². The van der Waals surface area contributed by atoms with Crippen LogP contribution in [0.1, 0.15) is 43.4 Å². The summed E-state index contributed by atoms with van der Waals surface area (Å²) < 4.78 is 6.03. The maximum absolute atomic E-state index is 6.03. The summed E-state index contributed by atoms with van der Waals surface area (Å²) in [5, 5.41) is 3.39. The average Bonchev–Trinajstić information content (AvgIpc) is 2.70. The quantitative estimate of drug-likeness (QED) is 0.671. The van der Waals surface area contributed by atoms with Crippen LogP contribution in [0.25, 0.3) is 11.3 Å². The van der Waals surface area contributed by atoms with Gasteiger partial charge < -0.3 is 10.1 Å². The third-order valence-corrected chi connectivity index (χ3v) is 5.03. The van der Waals surface area contributed by atoms with Crippen LogP contribution in [0.4, 0.5) is 5.82 Å². The standard InChI is InChI=1S/C21H24N6O/c1-14(18-11-22-12-27-21(18)28-17-4-3-5-17)9-24-20-8-19(25-13-26-20)16-7-6-15(2)23-10-16/h6-8,10-14,17H,3-5,9H2,1-2H3,(H,24,25,26). The number of nitrogens with one attached hydrogen (secondary N) is 1. The van der Waals surface area contributed by atoms with Crippen molar-refractivity contribution < 1.29 is 4.74 Å². The summed E-state index contributed by atoms with van der Waals surface area (Å²) in [6.45, 7) is 4.79. The van der Waals surface area contributed by atoms with E-state index in [2.05, 4.69) is 37.2 Å². The van der Waals surface area contributed by atoms with Crippen LogP contribution in [0.15, 0.2) is 43.2 Å². The van der Waals surface area contributed by atoms with Crippen LogP contribution in [0.2, 0.25) is 0 Å². The second kappa shape index (κ2) is 8.29. The minimum Gasteiger partial charge on any atom is -0.474 e. The van der Waals surface area contributed by atoms with E-state index in [-0.39, 0.29) is 5.92 Å². The van der Waals surface area contributed by atoms with E-state index in [1.807, 2.05) is 37.5 Å². The first kappa shape index (κ1) is 18.3. The van der Waals surface area contributed by atoms with Gasteiger partial charge in [-0.1, -0.05) is 6.92 Å². The molecule has 28 heavy (non-hydrogen) atoms. The van der Waals surface area contributed by atoms with Crippen LogP contribution < -0.4 is 10.1 Å². The Labute approximate surface area is 164 Å². The third kappa shape index (κ3) is 4.24. The molecule has 0 spiro atoms. The van der Waals surface area contributed by atoms with E-state index in [9.17, 15) is 0 Å². The van der Waals surface area contributed by atoms with Gasteiger partial charge in [-0.2, -0.15) is 0 Å². The molecule has 1 N–H and O–H groups in total. The number of aromatic nitrogens is 5. The third-order valence-electron chi connectivity index (χ3n) is 5.03. The molecule has 0 bridgehead atoms. The van der Waals surface area contributed by atoms with Crippen molar-refractivity contribution in [3.05, 3.63) is 54.5 Å². The summed E-state index contributed by atoms with van der Waals surface area (Å²) in [6.07, 6.45) is 10.5. The summed E-state index contributed by atoms with van der Waals surface area (Å²) in [5.41, 5.74) is 3.81. The summed E-state index contributed by atoms with van der Waals surface area (Å²) in [6, 6.07) is 5.93. The molecule has 0 amide bonds.